The van der Waals surface area contributed by atoms with Gasteiger partial charge in [-0.25, -0.2) is 13.9 Å². The van der Waals surface area contributed by atoms with Crippen LogP contribution in [0.25, 0.3) is 22.2 Å². The number of nitrogens with zero attached hydrogens (tertiary/aromatic N) is 7. The van der Waals surface area contributed by atoms with E-state index < -0.39 is 5.82 Å². The number of rotatable bonds is 5. The Balaban J connectivity index is 1.25. The number of hydrogen-bond acceptors (Lipinski definition) is 7. The van der Waals surface area contributed by atoms with Gasteiger partial charge in [-0.2, -0.15) is 10.4 Å². The van der Waals surface area contributed by atoms with Gasteiger partial charge in [0.25, 0.3) is 5.91 Å². The number of hydrogen-bond donors (Lipinski definition) is 1. The van der Waals surface area contributed by atoms with Crippen LogP contribution in [0.4, 0.5) is 10.2 Å². The SMILES string of the molecule is C#Cc1cc(C(=O)N2C3CC2CN(c2ccc(-c4cc(C(C=NC)=CN)cn5ncc(C#N)c45)cn2)C3)ccc1F. The zero-order valence-corrected chi connectivity index (χ0v) is 22.2. The van der Waals surface area contributed by atoms with E-state index in [4.69, 9.17) is 17.1 Å². The maximum absolute atomic E-state index is 13.8. The quantitative estimate of drug-likeness (QED) is 0.304. The van der Waals surface area contributed by atoms with Crippen molar-refractivity contribution in [2.45, 2.75) is 18.5 Å². The van der Waals surface area contributed by atoms with Crippen LogP contribution < -0.4 is 10.6 Å². The number of carbonyl (C=O) groups is 1. The van der Waals surface area contributed by atoms with Gasteiger partial charge in [-0.1, -0.05) is 5.92 Å². The first-order valence-corrected chi connectivity index (χ1v) is 13.0. The highest BCUT2D eigenvalue weighted by molar-refractivity contribution is 6.10. The molecule has 0 spiro atoms. The van der Waals surface area contributed by atoms with Crippen molar-refractivity contribution in [3.05, 3.63) is 89.3 Å². The third-order valence-electron chi connectivity index (χ3n) is 7.69. The summed E-state index contributed by atoms with van der Waals surface area (Å²) in [6, 6.07) is 12.3. The number of piperazine rings is 1. The van der Waals surface area contributed by atoms with Gasteiger partial charge in [-0.3, -0.25) is 9.79 Å². The Morgan fingerprint density at radius 2 is 1.98 bits per heavy atom. The minimum atomic E-state index is -0.510. The Labute approximate surface area is 236 Å². The van der Waals surface area contributed by atoms with Gasteiger partial charge in [0, 0.05) is 72.8 Å². The zero-order valence-electron chi connectivity index (χ0n) is 22.2. The lowest BCUT2D eigenvalue weighted by Crippen LogP contribution is -2.70. The second-order valence-corrected chi connectivity index (χ2v) is 10.0. The van der Waals surface area contributed by atoms with Gasteiger partial charge in [0.1, 0.15) is 17.7 Å². The molecular weight excluding hydrogens is 519 g/mol. The number of benzene rings is 1. The summed E-state index contributed by atoms with van der Waals surface area (Å²) in [6.07, 6.45) is 14.6. The molecule has 4 aromatic rings. The lowest BCUT2D eigenvalue weighted by Gasteiger charge is -2.56. The van der Waals surface area contributed by atoms with E-state index in [-0.39, 0.29) is 23.6 Å². The fourth-order valence-corrected chi connectivity index (χ4v) is 5.71. The van der Waals surface area contributed by atoms with Crippen LogP contribution in [0.2, 0.25) is 0 Å². The summed E-state index contributed by atoms with van der Waals surface area (Å²) < 4.78 is 15.5. The molecule has 6 heterocycles. The lowest BCUT2D eigenvalue weighted by atomic mass is 9.86. The molecule has 0 aliphatic carbocycles. The van der Waals surface area contributed by atoms with E-state index in [1.807, 2.05) is 29.3 Å². The molecule has 2 N–H and O–H groups in total. The second-order valence-electron chi connectivity index (χ2n) is 10.0. The first-order valence-electron chi connectivity index (χ1n) is 13.0. The van der Waals surface area contributed by atoms with Gasteiger partial charge in [0.05, 0.1) is 34.9 Å². The molecule has 3 aromatic heterocycles. The van der Waals surface area contributed by atoms with E-state index in [1.165, 1.54) is 30.6 Å². The van der Waals surface area contributed by atoms with E-state index in [9.17, 15) is 14.4 Å². The molecule has 2 unspecified atom stereocenters. The molecule has 202 valence electrons. The third kappa shape index (κ3) is 4.36. The number of halogens is 1. The Morgan fingerprint density at radius 1 is 1.17 bits per heavy atom. The minimum absolute atomic E-state index is 0.0325. The van der Waals surface area contributed by atoms with Crippen molar-refractivity contribution in [2.75, 3.05) is 25.0 Å². The average molecular weight is 545 g/mol. The number of piperidine rings is 1. The molecule has 3 fully saturated rings. The third-order valence-corrected chi connectivity index (χ3v) is 7.69. The van der Waals surface area contributed by atoms with E-state index in [2.05, 4.69) is 27.0 Å². The summed E-state index contributed by atoms with van der Waals surface area (Å²) in [5.74, 6) is 2.45. The number of anilines is 1. The molecule has 10 heteroatoms. The van der Waals surface area contributed by atoms with E-state index in [0.717, 1.165) is 34.5 Å². The van der Waals surface area contributed by atoms with Crippen molar-refractivity contribution < 1.29 is 9.18 Å². The Kier molecular flexibility index (Phi) is 6.44. The highest BCUT2D eigenvalue weighted by atomic mass is 19.1. The Hall–Kier alpha value is -5.48. The van der Waals surface area contributed by atoms with Gasteiger partial charge in [-0.05, 0) is 42.8 Å². The highest BCUT2D eigenvalue weighted by Gasteiger charge is 2.47. The van der Waals surface area contributed by atoms with Gasteiger partial charge in [0.15, 0.2) is 0 Å². The summed E-state index contributed by atoms with van der Waals surface area (Å²) in [5.41, 5.74) is 10.6. The van der Waals surface area contributed by atoms with E-state index in [0.29, 0.717) is 29.7 Å². The molecule has 3 saturated heterocycles. The second kappa shape index (κ2) is 10.2. The van der Waals surface area contributed by atoms with E-state index in [1.54, 1.807) is 24.0 Å². The standard InChI is InChI=1S/C31H25FN8O/c1-3-19-8-20(4-6-28(19)32)31(41)40-25-10-26(40)18-38(17-25)29-7-5-21(14-36-29)27-9-22(23(11-33)13-35-2)16-39-30(27)24(12-34)15-37-39/h1,4-9,11,13-16,25-26H,10,17-18,33H2,2H3. The fraction of sp³-hybridized carbons (Fsp3) is 0.194. The Bertz CT molecular complexity index is 1810. The van der Waals surface area contributed by atoms with Crippen molar-refractivity contribution in [1.82, 2.24) is 19.5 Å². The molecule has 0 saturated carbocycles. The molecular formula is C31H25FN8O. The number of pyridine rings is 2. The highest BCUT2D eigenvalue weighted by Crippen LogP contribution is 2.36. The summed E-state index contributed by atoms with van der Waals surface area (Å²) in [6.45, 7) is 1.28. The number of aromatic nitrogens is 3. The summed E-state index contributed by atoms with van der Waals surface area (Å²) in [7, 11) is 1.67. The van der Waals surface area contributed by atoms with Gasteiger partial charge < -0.3 is 15.5 Å². The maximum Gasteiger partial charge on any atom is 0.254 e. The number of carbonyl (C=O) groups excluding carboxylic acids is 1. The number of aliphatic imine (C=N–C) groups is 1. The molecule has 1 amide bonds. The summed E-state index contributed by atoms with van der Waals surface area (Å²) >= 11 is 0. The van der Waals surface area contributed by atoms with Gasteiger partial charge in [0.2, 0.25) is 0 Å². The molecule has 2 bridgehead atoms. The predicted octanol–water partition coefficient (Wildman–Crippen LogP) is 3.49. The van der Waals surface area contributed by atoms with Crippen molar-refractivity contribution in [1.29, 1.82) is 5.26 Å². The smallest absolute Gasteiger partial charge is 0.254 e. The molecule has 0 radical (unpaired) electrons. The number of amides is 1. The van der Waals surface area contributed by atoms with Crippen LogP contribution in [0.5, 0.6) is 0 Å². The van der Waals surface area contributed by atoms with Crippen molar-refractivity contribution in [3.63, 3.8) is 0 Å². The fourth-order valence-electron chi connectivity index (χ4n) is 5.71. The summed E-state index contributed by atoms with van der Waals surface area (Å²) in [4.78, 5) is 26.1. The van der Waals surface area contributed by atoms with Crippen molar-refractivity contribution >= 4 is 29.0 Å². The van der Waals surface area contributed by atoms with Crippen LogP contribution in [0.1, 0.15) is 33.5 Å². The molecule has 41 heavy (non-hydrogen) atoms. The van der Waals surface area contributed by atoms with Gasteiger partial charge in [-0.15, -0.1) is 6.42 Å². The average Bonchev–Trinajstić information content (AvgIpc) is 3.43. The summed E-state index contributed by atoms with van der Waals surface area (Å²) in [5, 5.41) is 14.1. The first kappa shape index (κ1) is 25.8. The van der Waals surface area contributed by atoms with Gasteiger partial charge >= 0.3 is 0 Å². The number of terminal acetylenes is 1. The van der Waals surface area contributed by atoms with Crippen LogP contribution in [0.3, 0.4) is 0 Å². The number of fused-ring (bicyclic) bond motifs is 3. The molecule has 7 rings (SSSR count). The monoisotopic (exact) mass is 544 g/mol. The van der Waals surface area contributed by atoms with E-state index >= 15 is 0 Å². The minimum Gasteiger partial charge on any atom is -0.404 e. The maximum atomic E-state index is 13.8. The number of nitriles is 1. The van der Waals surface area contributed by atoms with Crippen LogP contribution in [0, 0.1) is 29.5 Å². The molecule has 9 nitrogen and oxygen atoms in total. The Morgan fingerprint density at radius 3 is 2.63 bits per heavy atom. The number of allylic oxidation sites excluding steroid dienone is 1. The zero-order chi connectivity index (χ0) is 28.7. The van der Waals surface area contributed by atoms with Crippen LogP contribution >= 0.6 is 0 Å². The molecule has 2 atom stereocenters. The van der Waals surface area contributed by atoms with Crippen LogP contribution in [-0.4, -0.2) is 63.8 Å². The van der Waals surface area contributed by atoms with Crippen molar-refractivity contribution in [3.8, 4) is 29.5 Å². The topological polar surface area (TPSA) is 116 Å². The molecule has 1 aromatic carbocycles. The molecule has 3 aliphatic rings. The number of nitrogens with two attached hydrogens (primary N) is 1. The normalized spacial score (nSPS) is 18.3. The van der Waals surface area contributed by atoms with Crippen LogP contribution in [0.15, 0.2) is 66.2 Å². The molecule has 3 aliphatic heterocycles. The first-order chi connectivity index (χ1) is 19.9. The van der Waals surface area contributed by atoms with Crippen molar-refractivity contribution in [2.24, 2.45) is 10.7 Å². The van der Waals surface area contributed by atoms with Crippen LogP contribution in [-0.2, 0) is 0 Å². The largest absolute Gasteiger partial charge is 0.404 e. The predicted molar refractivity (Wildman–Crippen MR) is 155 cm³/mol. The lowest BCUT2D eigenvalue weighted by molar-refractivity contribution is 0.00576.